The first-order valence-corrected chi connectivity index (χ1v) is 10.4. The summed E-state index contributed by atoms with van der Waals surface area (Å²) < 4.78 is 0. The topological polar surface area (TPSA) is 71.1 Å². The van der Waals surface area contributed by atoms with Crippen molar-refractivity contribution in [3.05, 3.63) is 76.7 Å². The first kappa shape index (κ1) is 19.1. The molecule has 5 nitrogen and oxygen atoms in total. The lowest BCUT2D eigenvalue weighted by molar-refractivity contribution is -0.111. The molecule has 1 fully saturated rings. The lowest BCUT2D eigenvalue weighted by Gasteiger charge is -2.03. The second-order valence-corrected chi connectivity index (χ2v) is 7.95. The zero-order valence-corrected chi connectivity index (χ0v) is 16.8. The van der Waals surface area contributed by atoms with Crippen LogP contribution in [0.3, 0.4) is 0 Å². The largest absolute Gasteiger partial charge is 0.349 e. The predicted molar refractivity (Wildman–Crippen MR) is 117 cm³/mol. The molecule has 2 N–H and O–H groups in total. The third-order valence-corrected chi connectivity index (χ3v) is 5.35. The predicted octanol–water partition coefficient (Wildman–Crippen LogP) is 4.66. The van der Waals surface area contributed by atoms with Crippen LogP contribution in [-0.4, -0.2) is 22.8 Å². The molecule has 0 unspecified atom stereocenters. The molecule has 4 rings (SSSR count). The molecule has 1 heterocycles. The van der Waals surface area contributed by atoms with Gasteiger partial charge in [-0.25, -0.2) is 4.98 Å². The molecule has 2 amide bonds. The fraction of sp³-hybridized carbons (Fsp3) is 0.174. The summed E-state index contributed by atoms with van der Waals surface area (Å²) in [5, 5.41) is 8.23. The van der Waals surface area contributed by atoms with Gasteiger partial charge in [0, 0.05) is 28.6 Å². The van der Waals surface area contributed by atoms with E-state index in [-0.39, 0.29) is 11.8 Å². The molecular formula is C23H21N3O2S. The van der Waals surface area contributed by atoms with Crippen molar-refractivity contribution in [2.45, 2.75) is 25.8 Å². The molecule has 0 radical (unpaired) electrons. The minimum atomic E-state index is -0.245. The molecule has 146 valence electrons. The molecule has 3 aromatic rings. The van der Waals surface area contributed by atoms with Crippen LogP contribution < -0.4 is 10.6 Å². The summed E-state index contributed by atoms with van der Waals surface area (Å²) in [7, 11) is 0. The molecule has 29 heavy (non-hydrogen) atoms. The van der Waals surface area contributed by atoms with Gasteiger partial charge in [-0.2, -0.15) is 0 Å². The van der Waals surface area contributed by atoms with E-state index in [9.17, 15) is 9.59 Å². The first-order valence-electron chi connectivity index (χ1n) is 9.49. The second kappa shape index (κ2) is 8.41. The standard InChI is InChI=1S/C23H21N3O2S/c1-15-2-7-17(8-3-15)20-14-29-23(25-20)26-21(27)13-6-16-4-9-18(10-5-16)22(28)24-19-11-12-19/h2-10,13-14,19H,11-12H2,1H3,(H,24,28)(H,25,26,27)/b13-6+. The number of nitrogens with zero attached hydrogens (tertiary/aromatic N) is 1. The average Bonchev–Trinajstić information content (AvgIpc) is 3.42. The number of nitrogens with one attached hydrogen (secondary N) is 2. The maximum atomic E-state index is 12.2. The van der Waals surface area contributed by atoms with E-state index in [1.165, 1.54) is 23.0 Å². The zero-order chi connectivity index (χ0) is 20.2. The lowest BCUT2D eigenvalue weighted by Crippen LogP contribution is -2.25. The summed E-state index contributed by atoms with van der Waals surface area (Å²) in [6, 6.07) is 15.6. The van der Waals surface area contributed by atoms with Crippen molar-refractivity contribution in [2.75, 3.05) is 5.32 Å². The number of anilines is 1. The Morgan fingerprint density at radius 3 is 2.48 bits per heavy atom. The molecule has 1 aromatic heterocycles. The van der Waals surface area contributed by atoms with Gasteiger partial charge in [-0.05, 0) is 43.5 Å². The average molecular weight is 404 g/mol. The van der Waals surface area contributed by atoms with Crippen LogP contribution in [0.1, 0.15) is 34.3 Å². The molecule has 2 aromatic carbocycles. The molecular weight excluding hydrogens is 382 g/mol. The van der Waals surface area contributed by atoms with Crippen molar-refractivity contribution in [1.82, 2.24) is 10.3 Å². The fourth-order valence-corrected chi connectivity index (χ4v) is 3.47. The van der Waals surface area contributed by atoms with Crippen LogP contribution in [0.25, 0.3) is 17.3 Å². The summed E-state index contributed by atoms with van der Waals surface area (Å²) in [6.45, 7) is 2.04. The summed E-state index contributed by atoms with van der Waals surface area (Å²) in [5.41, 5.74) is 4.54. The van der Waals surface area contributed by atoms with Crippen molar-refractivity contribution in [3.63, 3.8) is 0 Å². The SMILES string of the molecule is Cc1ccc(-c2csc(NC(=O)/C=C/c3ccc(C(=O)NC4CC4)cc3)n2)cc1. The van der Waals surface area contributed by atoms with Crippen molar-refractivity contribution >= 4 is 34.4 Å². The number of rotatable bonds is 6. The van der Waals surface area contributed by atoms with Gasteiger partial charge in [-0.1, -0.05) is 42.0 Å². The monoisotopic (exact) mass is 403 g/mol. The lowest BCUT2D eigenvalue weighted by atomic mass is 10.1. The minimum absolute atomic E-state index is 0.0473. The first-order chi connectivity index (χ1) is 14.1. The van der Waals surface area contributed by atoms with Crippen LogP contribution in [0.2, 0.25) is 0 Å². The van der Waals surface area contributed by atoms with Crippen molar-refractivity contribution in [1.29, 1.82) is 0 Å². The number of carbonyl (C=O) groups excluding carboxylic acids is 2. The van der Waals surface area contributed by atoms with Gasteiger partial charge in [0.05, 0.1) is 5.69 Å². The fourth-order valence-electron chi connectivity index (χ4n) is 2.75. The number of hydrogen-bond donors (Lipinski definition) is 2. The molecule has 0 bridgehead atoms. The van der Waals surface area contributed by atoms with E-state index in [1.807, 2.05) is 48.7 Å². The van der Waals surface area contributed by atoms with E-state index >= 15 is 0 Å². The molecule has 0 spiro atoms. The summed E-state index contributed by atoms with van der Waals surface area (Å²) >= 11 is 1.39. The van der Waals surface area contributed by atoms with Crippen LogP contribution in [-0.2, 0) is 4.79 Å². The van der Waals surface area contributed by atoms with E-state index in [4.69, 9.17) is 0 Å². The van der Waals surface area contributed by atoms with Gasteiger partial charge in [-0.3, -0.25) is 14.9 Å². The smallest absolute Gasteiger partial charge is 0.251 e. The number of hydrogen-bond acceptors (Lipinski definition) is 4. The molecule has 6 heteroatoms. The normalized spacial score (nSPS) is 13.4. The highest BCUT2D eigenvalue weighted by Gasteiger charge is 2.23. The van der Waals surface area contributed by atoms with Gasteiger partial charge >= 0.3 is 0 Å². The quantitative estimate of drug-likeness (QED) is 0.588. The number of aryl methyl sites for hydroxylation is 1. The Balaban J connectivity index is 1.34. The summed E-state index contributed by atoms with van der Waals surface area (Å²) in [6.07, 6.45) is 5.30. The Labute approximate surface area is 173 Å². The Kier molecular flexibility index (Phi) is 5.53. The molecule has 0 aliphatic heterocycles. The van der Waals surface area contributed by atoms with E-state index in [2.05, 4.69) is 15.6 Å². The van der Waals surface area contributed by atoms with Gasteiger partial charge in [-0.15, -0.1) is 11.3 Å². The van der Waals surface area contributed by atoms with Gasteiger partial charge in [0.25, 0.3) is 5.91 Å². The maximum absolute atomic E-state index is 12.2. The molecule has 1 saturated carbocycles. The molecule has 0 saturated heterocycles. The Morgan fingerprint density at radius 2 is 1.79 bits per heavy atom. The summed E-state index contributed by atoms with van der Waals surface area (Å²) in [4.78, 5) is 28.7. The van der Waals surface area contributed by atoms with Crippen LogP contribution in [0.15, 0.2) is 60.0 Å². The number of carbonyl (C=O) groups is 2. The number of aromatic nitrogens is 1. The highest BCUT2D eigenvalue weighted by molar-refractivity contribution is 7.14. The van der Waals surface area contributed by atoms with Gasteiger partial charge in [0.15, 0.2) is 5.13 Å². The highest BCUT2D eigenvalue weighted by Crippen LogP contribution is 2.25. The van der Waals surface area contributed by atoms with Crippen molar-refractivity contribution in [3.8, 4) is 11.3 Å². The van der Waals surface area contributed by atoms with Crippen LogP contribution in [0.5, 0.6) is 0 Å². The van der Waals surface area contributed by atoms with Gasteiger partial charge in [0.2, 0.25) is 5.91 Å². The van der Waals surface area contributed by atoms with Crippen molar-refractivity contribution in [2.24, 2.45) is 0 Å². The van der Waals surface area contributed by atoms with E-state index in [0.29, 0.717) is 16.7 Å². The van der Waals surface area contributed by atoms with Crippen LogP contribution >= 0.6 is 11.3 Å². The van der Waals surface area contributed by atoms with Crippen LogP contribution in [0, 0.1) is 6.92 Å². The Bertz CT molecular complexity index is 1050. The summed E-state index contributed by atoms with van der Waals surface area (Å²) in [5.74, 6) is -0.292. The number of benzene rings is 2. The van der Waals surface area contributed by atoms with E-state index in [1.54, 1.807) is 18.2 Å². The Morgan fingerprint density at radius 1 is 1.07 bits per heavy atom. The molecule has 1 aliphatic carbocycles. The molecule has 0 atom stereocenters. The van der Waals surface area contributed by atoms with Gasteiger partial charge < -0.3 is 5.32 Å². The third kappa shape index (κ3) is 5.18. The minimum Gasteiger partial charge on any atom is -0.349 e. The maximum Gasteiger partial charge on any atom is 0.251 e. The highest BCUT2D eigenvalue weighted by atomic mass is 32.1. The Hall–Kier alpha value is -3.25. The van der Waals surface area contributed by atoms with E-state index < -0.39 is 0 Å². The third-order valence-electron chi connectivity index (χ3n) is 4.59. The van der Waals surface area contributed by atoms with Gasteiger partial charge in [0.1, 0.15) is 0 Å². The van der Waals surface area contributed by atoms with Crippen LogP contribution in [0.4, 0.5) is 5.13 Å². The zero-order valence-electron chi connectivity index (χ0n) is 16.0. The van der Waals surface area contributed by atoms with E-state index in [0.717, 1.165) is 29.7 Å². The van der Waals surface area contributed by atoms with Crippen molar-refractivity contribution < 1.29 is 9.59 Å². The number of thiazole rings is 1. The number of amides is 2. The second-order valence-electron chi connectivity index (χ2n) is 7.10. The molecule has 1 aliphatic rings.